The molecule has 0 radical (unpaired) electrons. The number of amides is 1. The highest BCUT2D eigenvalue weighted by Gasteiger charge is 2.14. The van der Waals surface area contributed by atoms with E-state index in [0.29, 0.717) is 29.3 Å². The fourth-order valence-corrected chi connectivity index (χ4v) is 2.37. The van der Waals surface area contributed by atoms with Crippen molar-refractivity contribution < 1.29 is 4.79 Å². The number of hydrogen-bond donors (Lipinski definition) is 2. The second kappa shape index (κ2) is 6.87. The molecule has 0 unspecified atom stereocenters. The first kappa shape index (κ1) is 15.6. The van der Waals surface area contributed by atoms with Gasteiger partial charge in [0.2, 0.25) is 0 Å². The topological polar surface area (TPSA) is 93.8 Å². The standard InChI is InChI=1S/C18H17N5O/c1-12-20-9-7-14(23-12)11-22-18(24)15-8-10-21-17(16(15)19)13-5-3-2-4-6-13/h2-10H,11,19H2,1H3,(H,22,24). The van der Waals surface area contributed by atoms with E-state index >= 15 is 0 Å². The minimum Gasteiger partial charge on any atom is -0.396 e. The number of carbonyl (C=O) groups is 1. The lowest BCUT2D eigenvalue weighted by Gasteiger charge is -2.11. The lowest BCUT2D eigenvalue weighted by molar-refractivity contribution is 0.0951. The highest BCUT2D eigenvalue weighted by molar-refractivity contribution is 6.01. The summed E-state index contributed by atoms with van der Waals surface area (Å²) in [5.41, 5.74) is 9.13. The van der Waals surface area contributed by atoms with Crippen LogP contribution in [0.4, 0.5) is 5.69 Å². The maximum absolute atomic E-state index is 12.4. The Hall–Kier alpha value is -3.28. The summed E-state index contributed by atoms with van der Waals surface area (Å²) in [5.74, 6) is 0.403. The molecule has 3 N–H and O–H groups in total. The number of nitrogens with one attached hydrogen (secondary N) is 1. The SMILES string of the molecule is Cc1nccc(CNC(=O)c2ccnc(-c3ccccc3)c2N)n1. The van der Waals surface area contributed by atoms with Crippen molar-refractivity contribution in [3.8, 4) is 11.3 Å². The van der Waals surface area contributed by atoms with Gasteiger partial charge in [-0.2, -0.15) is 0 Å². The highest BCUT2D eigenvalue weighted by atomic mass is 16.1. The lowest BCUT2D eigenvalue weighted by atomic mass is 10.1. The molecule has 3 aromatic rings. The Morgan fingerprint density at radius 1 is 1.08 bits per heavy atom. The first-order valence-corrected chi connectivity index (χ1v) is 7.52. The molecule has 0 aliphatic heterocycles. The third-order valence-corrected chi connectivity index (χ3v) is 3.55. The van der Waals surface area contributed by atoms with Crippen LogP contribution >= 0.6 is 0 Å². The number of rotatable bonds is 4. The molecule has 24 heavy (non-hydrogen) atoms. The molecular weight excluding hydrogens is 302 g/mol. The first-order chi connectivity index (χ1) is 11.6. The Bertz CT molecular complexity index is 864. The van der Waals surface area contributed by atoms with Crippen molar-refractivity contribution in [2.45, 2.75) is 13.5 Å². The average molecular weight is 319 g/mol. The van der Waals surface area contributed by atoms with Crippen molar-refractivity contribution in [2.24, 2.45) is 0 Å². The number of benzene rings is 1. The zero-order valence-corrected chi connectivity index (χ0v) is 13.2. The summed E-state index contributed by atoms with van der Waals surface area (Å²) >= 11 is 0. The van der Waals surface area contributed by atoms with E-state index in [-0.39, 0.29) is 5.91 Å². The van der Waals surface area contributed by atoms with Gasteiger partial charge in [0.1, 0.15) is 5.82 Å². The summed E-state index contributed by atoms with van der Waals surface area (Å²) < 4.78 is 0. The second-order valence-electron chi connectivity index (χ2n) is 5.26. The maximum Gasteiger partial charge on any atom is 0.253 e. The van der Waals surface area contributed by atoms with Crippen molar-refractivity contribution in [2.75, 3.05) is 5.73 Å². The zero-order valence-electron chi connectivity index (χ0n) is 13.2. The van der Waals surface area contributed by atoms with Gasteiger partial charge in [0.05, 0.1) is 29.2 Å². The van der Waals surface area contributed by atoms with Crippen molar-refractivity contribution in [3.05, 3.63) is 71.9 Å². The Labute approximate surface area is 139 Å². The van der Waals surface area contributed by atoms with Gasteiger partial charge < -0.3 is 11.1 Å². The third-order valence-electron chi connectivity index (χ3n) is 3.55. The number of nitrogen functional groups attached to an aromatic ring is 1. The lowest BCUT2D eigenvalue weighted by Crippen LogP contribution is -2.24. The highest BCUT2D eigenvalue weighted by Crippen LogP contribution is 2.25. The normalized spacial score (nSPS) is 10.4. The van der Waals surface area contributed by atoms with Crippen LogP contribution < -0.4 is 11.1 Å². The van der Waals surface area contributed by atoms with Gasteiger partial charge in [-0.15, -0.1) is 0 Å². The molecule has 6 nitrogen and oxygen atoms in total. The van der Waals surface area contributed by atoms with Crippen LogP contribution in [-0.2, 0) is 6.54 Å². The van der Waals surface area contributed by atoms with Crippen LogP contribution in [0.3, 0.4) is 0 Å². The van der Waals surface area contributed by atoms with Gasteiger partial charge in [0.15, 0.2) is 0 Å². The van der Waals surface area contributed by atoms with E-state index in [1.165, 1.54) is 0 Å². The molecule has 1 aromatic carbocycles. The molecule has 2 heterocycles. The summed E-state index contributed by atoms with van der Waals surface area (Å²) in [5, 5.41) is 2.82. The summed E-state index contributed by atoms with van der Waals surface area (Å²) in [6, 6.07) is 12.9. The molecule has 0 spiro atoms. The fraction of sp³-hybridized carbons (Fsp3) is 0.111. The van der Waals surface area contributed by atoms with Gasteiger partial charge in [-0.3, -0.25) is 9.78 Å². The molecule has 2 aromatic heterocycles. The number of anilines is 1. The molecule has 1 amide bonds. The van der Waals surface area contributed by atoms with Crippen LogP contribution in [-0.4, -0.2) is 20.9 Å². The van der Waals surface area contributed by atoms with E-state index in [9.17, 15) is 4.79 Å². The molecule has 0 atom stereocenters. The number of aromatic nitrogens is 3. The van der Waals surface area contributed by atoms with Crippen LogP contribution in [0.2, 0.25) is 0 Å². The molecule has 0 fully saturated rings. The van der Waals surface area contributed by atoms with E-state index in [1.54, 1.807) is 31.5 Å². The molecule has 6 heteroatoms. The average Bonchev–Trinajstić information content (AvgIpc) is 2.61. The third kappa shape index (κ3) is 3.38. The monoisotopic (exact) mass is 319 g/mol. The largest absolute Gasteiger partial charge is 0.396 e. The van der Waals surface area contributed by atoms with E-state index in [1.807, 2.05) is 30.3 Å². The Kier molecular flexibility index (Phi) is 4.47. The van der Waals surface area contributed by atoms with Crippen LogP contribution in [0.1, 0.15) is 21.9 Å². The number of nitrogens with zero attached hydrogens (tertiary/aromatic N) is 3. The quantitative estimate of drug-likeness (QED) is 0.770. The Morgan fingerprint density at radius 3 is 2.58 bits per heavy atom. The number of pyridine rings is 1. The van der Waals surface area contributed by atoms with Crippen LogP contribution in [0.15, 0.2) is 54.9 Å². The summed E-state index contributed by atoms with van der Waals surface area (Å²) in [6.45, 7) is 2.11. The number of aryl methyl sites for hydroxylation is 1. The fourth-order valence-electron chi connectivity index (χ4n) is 2.37. The number of hydrogen-bond acceptors (Lipinski definition) is 5. The minimum atomic E-state index is -0.261. The van der Waals surface area contributed by atoms with Crippen LogP contribution in [0, 0.1) is 6.92 Å². The number of carbonyl (C=O) groups excluding carboxylic acids is 1. The Morgan fingerprint density at radius 2 is 1.83 bits per heavy atom. The summed E-state index contributed by atoms with van der Waals surface area (Å²) in [6.07, 6.45) is 3.25. The zero-order chi connectivity index (χ0) is 16.9. The van der Waals surface area contributed by atoms with Crippen molar-refractivity contribution >= 4 is 11.6 Å². The molecule has 0 saturated heterocycles. The molecule has 0 saturated carbocycles. The van der Waals surface area contributed by atoms with Crippen LogP contribution in [0.25, 0.3) is 11.3 Å². The minimum absolute atomic E-state index is 0.261. The smallest absolute Gasteiger partial charge is 0.253 e. The summed E-state index contributed by atoms with van der Waals surface area (Å²) in [4.78, 5) is 25.0. The van der Waals surface area contributed by atoms with Crippen molar-refractivity contribution in [3.63, 3.8) is 0 Å². The van der Waals surface area contributed by atoms with Gasteiger partial charge in [-0.1, -0.05) is 30.3 Å². The summed E-state index contributed by atoms with van der Waals surface area (Å²) in [7, 11) is 0. The predicted molar refractivity (Wildman–Crippen MR) is 92.0 cm³/mol. The van der Waals surface area contributed by atoms with Crippen LogP contribution in [0.5, 0.6) is 0 Å². The van der Waals surface area contributed by atoms with Gasteiger partial charge >= 0.3 is 0 Å². The maximum atomic E-state index is 12.4. The van der Waals surface area contributed by atoms with Gasteiger partial charge in [0.25, 0.3) is 5.91 Å². The predicted octanol–water partition coefficient (Wildman–Crippen LogP) is 2.36. The van der Waals surface area contributed by atoms with Gasteiger partial charge in [-0.05, 0) is 19.1 Å². The molecular formula is C18H17N5O. The van der Waals surface area contributed by atoms with E-state index in [2.05, 4.69) is 20.3 Å². The Balaban J connectivity index is 1.80. The number of nitrogens with two attached hydrogens (primary N) is 1. The molecule has 3 rings (SSSR count). The van der Waals surface area contributed by atoms with E-state index in [4.69, 9.17) is 5.73 Å². The van der Waals surface area contributed by atoms with E-state index in [0.717, 1.165) is 11.3 Å². The van der Waals surface area contributed by atoms with Gasteiger partial charge in [0, 0.05) is 18.0 Å². The van der Waals surface area contributed by atoms with E-state index < -0.39 is 0 Å². The second-order valence-corrected chi connectivity index (χ2v) is 5.26. The van der Waals surface area contributed by atoms with Crippen molar-refractivity contribution in [1.82, 2.24) is 20.3 Å². The van der Waals surface area contributed by atoms with Gasteiger partial charge in [-0.25, -0.2) is 9.97 Å². The first-order valence-electron chi connectivity index (χ1n) is 7.52. The molecule has 0 bridgehead atoms. The molecule has 0 aliphatic rings. The molecule has 120 valence electrons. The molecule has 0 aliphatic carbocycles. The van der Waals surface area contributed by atoms with Crippen molar-refractivity contribution in [1.29, 1.82) is 0 Å².